The predicted molar refractivity (Wildman–Crippen MR) is 88.1 cm³/mol. The van der Waals surface area contributed by atoms with E-state index in [1.165, 1.54) is 31.4 Å². The molecule has 1 amide bonds. The van der Waals surface area contributed by atoms with Gasteiger partial charge < -0.3 is 16.2 Å². The topological polar surface area (TPSA) is 75.3 Å². The number of hydrogen-bond acceptors (Lipinski definition) is 3. The summed E-state index contributed by atoms with van der Waals surface area (Å²) in [6.07, 6.45) is 5.42. The highest BCUT2D eigenvalue weighted by Crippen LogP contribution is 2.27. The SMILES string of the molecule is CC(NC(=O)C(O)[C@H](N)CC1CCCCC1)c1ccc(F)cc1. The molecule has 0 aromatic heterocycles. The molecule has 0 bridgehead atoms. The molecule has 0 heterocycles. The second kappa shape index (κ2) is 8.41. The Morgan fingerprint density at radius 1 is 1.30 bits per heavy atom. The van der Waals surface area contributed by atoms with Crippen molar-refractivity contribution in [2.45, 2.75) is 63.6 Å². The number of aliphatic hydroxyl groups excluding tert-OH is 1. The summed E-state index contributed by atoms with van der Waals surface area (Å²) in [4.78, 5) is 12.2. The summed E-state index contributed by atoms with van der Waals surface area (Å²) >= 11 is 0. The van der Waals surface area contributed by atoms with Gasteiger partial charge in [0.2, 0.25) is 0 Å². The molecular weight excluding hydrogens is 295 g/mol. The number of halogens is 1. The van der Waals surface area contributed by atoms with E-state index in [1.54, 1.807) is 19.1 Å². The van der Waals surface area contributed by atoms with E-state index in [0.29, 0.717) is 12.3 Å². The number of carbonyl (C=O) groups is 1. The monoisotopic (exact) mass is 322 g/mol. The maximum Gasteiger partial charge on any atom is 0.250 e. The molecule has 1 fully saturated rings. The molecule has 2 unspecified atom stereocenters. The second-order valence-electron chi connectivity index (χ2n) is 6.63. The van der Waals surface area contributed by atoms with E-state index in [0.717, 1.165) is 18.4 Å². The molecule has 3 atom stereocenters. The summed E-state index contributed by atoms with van der Waals surface area (Å²) in [5.41, 5.74) is 6.81. The average molecular weight is 322 g/mol. The number of hydrogen-bond donors (Lipinski definition) is 3. The maximum atomic E-state index is 12.9. The first-order valence-corrected chi connectivity index (χ1v) is 8.47. The van der Waals surface area contributed by atoms with Crippen LogP contribution < -0.4 is 11.1 Å². The molecule has 0 radical (unpaired) electrons. The lowest BCUT2D eigenvalue weighted by Crippen LogP contribution is -2.47. The Balaban J connectivity index is 1.84. The van der Waals surface area contributed by atoms with Gasteiger partial charge in [0.1, 0.15) is 11.9 Å². The Morgan fingerprint density at radius 3 is 2.52 bits per heavy atom. The molecule has 1 aromatic carbocycles. The average Bonchev–Trinajstić information content (AvgIpc) is 2.55. The Hall–Kier alpha value is -1.46. The molecule has 5 heteroatoms. The first-order chi connectivity index (χ1) is 11.0. The normalized spacial score (nSPS) is 19.8. The number of nitrogens with one attached hydrogen (secondary N) is 1. The zero-order valence-corrected chi connectivity index (χ0v) is 13.7. The van der Waals surface area contributed by atoms with E-state index in [4.69, 9.17) is 5.73 Å². The lowest BCUT2D eigenvalue weighted by atomic mass is 9.84. The molecule has 128 valence electrons. The quantitative estimate of drug-likeness (QED) is 0.754. The van der Waals surface area contributed by atoms with Gasteiger partial charge in [0.05, 0.1) is 6.04 Å². The van der Waals surface area contributed by atoms with Crippen molar-refractivity contribution in [2.24, 2.45) is 11.7 Å². The van der Waals surface area contributed by atoms with E-state index in [2.05, 4.69) is 5.32 Å². The second-order valence-corrected chi connectivity index (χ2v) is 6.63. The van der Waals surface area contributed by atoms with E-state index in [1.807, 2.05) is 0 Å². The van der Waals surface area contributed by atoms with Crippen molar-refractivity contribution < 1.29 is 14.3 Å². The largest absolute Gasteiger partial charge is 0.382 e. The number of benzene rings is 1. The Bertz CT molecular complexity index is 500. The van der Waals surface area contributed by atoms with Gasteiger partial charge in [-0.15, -0.1) is 0 Å². The lowest BCUT2D eigenvalue weighted by Gasteiger charge is -2.27. The Morgan fingerprint density at radius 2 is 1.91 bits per heavy atom. The number of rotatable bonds is 6. The van der Waals surface area contributed by atoms with Crippen molar-refractivity contribution in [3.63, 3.8) is 0 Å². The number of aliphatic hydroxyl groups is 1. The molecule has 23 heavy (non-hydrogen) atoms. The minimum atomic E-state index is -1.21. The van der Waals surface area contributed by atoms with E-state index < -0.39 is 18.1 Å². The third kappa shape index (κ3) is 5.29. The summed E-state index contributed by atoms with van der Waals surface area (Å²) in [5, 5.41) is 12.9. The van der Waals surface area contributed by atoms with Gasteiger partial charge in [0, 0.05) is 6.04 Å². The molecule has 1 aromatic rings. The molecule has 4 N–H and O–H groups in total. The Labute approximate surface area is 137 Å². The molecule has 0 spiro atoms. The number of carbonyl (C=O) groups excluding carboxylic acids is 1. The maximum absolute atomic E-state index is 12.9. The van der Waals surface area contributed by atoms with Gasteiger partial charge in [-0.25, -0.2) is 4.39 Å². The van der Waals surface area contributed by atoms with Gasteiger partial charge in [-0.3, -0.25) is 4.79 Å². The molecule has 2 rings (SSSR count). The summed E-state index contributed by atoms with van der Waals surface area (Å²) in [5.74, 6) is -0.275. The summed E-state index contributed by atoms with van der Waals surface area (Å²) < 4.78 is 12.9. The lowest BCUT2D eigenvalue weighted by molar-refractivity contribution is -0.131. The van der Waals surface area contributed by atoms with E-state index >= 15 is 0 Å². The van der Waals surface area contributed by atoms with Gasteiger partial charge in [-0.2, -0.15) is 0 Å². The minimum absolute atomic E-state index is 0.306. The highest BCUT2D eigenvalue weighted by atomic mass is 19.1. The van der Waals surface area contributed by atoms with Gasteiger partial charge in [0.15, 0.2) is 0 Å². The third-order valence-corrected chi connectivity index (χ3v) is 4.73. The summed E-state index contributed by atoms with van der Waals surface area (Å²) in [6, 6.07) is 5.09. The molecule has 4 nitrogen and oxygen atoms in total. The highest BCUT2D eigenvalue weighted by molar-refractivity contribution is 5.81. The molecular formula is C18H27FN2O2. The molecule has 1 aliphatic carbocycles. The zero-order chi connectivity index (χ0) is 16.8. The summed E-state index contributed by atoms with van der Waals surface area (Å²) in [6.45, 7) is 1.80. The summed E-state index contributed by atoms with van der Waals surface area (Å²) in [7, 11) is 0. The number of amides is 1. The molecule has 1 saturated carbocycles. The van der Waals surface area contributed by atoms with E-state index in [-0.39, 0.29) is 11.9 Å². The van der Waals surface area contributed by atoms with Crippen LogP contribution in [0, 0.1) is 11.7 Å². The van der Waals surface area contributed by atoms with Crippen LogP contribution in [0.25, 0.3) is 0 Å². The van der Waals surface area contributed by atoms with Crippen LogP contribution in [-0.4, -0.2) is 23.2 Å². The van der Waals surface area contributed by atoms with Crippen LogP contribution in [0.2, 0.25) is 0 Å². The van der Waals surface area contributed by atoms with Crippen molar-refractivity contribution in [3.8, 4) is 0 Å². The van der Waals surface area contributed by atoms with Crippen molar-refractivity contribution in [3.05, 3.63) is 35.6 Å². The predicted octanol–water partition coefficient (Wildman–Crippen LogP) is 2.66. The van der Waals surface area contributed by atoms with Crippen LogP contribution in [0.15, 0.2) is 24.3 Å². The van der Waals surface area contributed by atoms with Crippen molar-refractivity contribution in [1.29, 1.82) is 0 Å². The van der Waals surface area contributed by atoms with Gasteiger partial charge in [0.25, 0.3) is 5.91 Å². The minimum Gasteiger partial charge on any atom is -0.382 e. The number of nitrogens with two attached hydrogens (primary N) is 1. The van der Waals surface area contributed by atoms with Crippen LogP contribution in [0.3, 0.4) is 0 Å². The van der Waals surface area contributed by atoms with Crippen LogP contribution in [0.5, 0.6) is 0 Å². The standard InChI is InChI=1S/C18H27FN2O2/c1-12(14-7-9-15(19)10-8-14)21-18(23)17(22)16(20)11-13-5-3-2-4-6-13/h7-10,12-13,16-17,22H,2-6,11,20H2,1H3,(H,21,23)/t12?,16-,17?/m1/s1. The van der Waals surface area contributed by atoms with E-state index in [9.17, 15) is 14.3 Å². The van der Waals surface area contributed by atoms with Crippen molar-refractivity contribution in [1.82, 2.24) is 5.32 Å². The van der Waals surface area contributed by atoms with Crippen LogP contribution in [0.1, 0.15) is 57.1 Å². The fraction of sp³-hybridized carbons (Fsp3) is 0.611. The van der Waals surface area contributed by atoms with Crippen LogP contribution in [-0.2, 0) is 4.79 Å². The van der Waals surface area contributed by atoms with Gasteiger partial charge in [-0.1, -0.05) is 44.2 Å². The first-order valence-electron chi connectivity index (χ1n) is 8.47. The van der Waals surface area contributed by atoms with Gasteiger partial charge in [-0.05, 0) is 37.0 Å². The fourth-order valence-electron chi connectivity index (χ4n) is 3.26. The van der Waals surface area contributed by atoms with Crippen molar-refractivity contribution in [2.75, 3.05) is 0 Å². The molecule has 1 aliphatic rings. The molecule has 0 saturated heterocycles. The van der Waals surface area contributed by atoms with Crippen molar-refractivity contribution >= 4 is 5.91 Å². The smallest absolute Gasteiger partial charge is 0.250 e. The highest BCUT2D eigenvalue weighted by Gasteiger charge is 2.27. The Kier molecular flexibility index (Phi) is 6.54. The fourth-order valence-corrected chi connectivity index (χ4v) is 3.26. The zero-order valence-electron chi connectivity index (χ0n) is 13.7. The third-order valence-electron chi connectivity index (χ3n) is 4.73. The van der Waals surface area contributed by atoms with Crippen LogP contribution >= 0.6 is 0 Å². The first kappa shape index (κ1) is 17.9. The van der Waals surface area contributed by atoms with Crippen LogP contribution in [0.4, 0.5) is 4.39 Å². The van der Waals surface area contributed by atoms with Gasteiger partial charge >= 0.3 is 0 Å². The molecule has 0 aliphatic heterocycles.